The van der Waals surface area contributed by atoms with Gasteiger partial charge in [-0.1, -0.05) is 296 Å². The summed E-state index contributed by atoms with van der Waals surface area (Å²) >= 11 is 0. The zero-order valence-electron chi connectivity index (χ0n) is 87.7. The molecule has 10 bridgehead atoms. The minimum Gasteiger partial charge on any atom is -0.492 e. The van der Waals surface area contributed by atoms with Crippen LogP contribution in [0.15, 0.2) is 182 Å². The summed E-state index contributed by atoms with van der Waals surface area (Å²) in [6.45, 7) is 42.9. The molecule has 0 N–H and O–H groups in total. The van der Waals surface area contributed by atoms with Gasteiger partial charge in [0.25, 0.3) is 0 Å². The van der Waals surface area contributed by atoms with Crippen molar-refractivity contribution in [1.29, 1.82) is 10.5 Å². The smallest absolute Gasteiger partial charge is 0.337 e. The van der Waals surface area contributed by atoms with Crippen molar-refractivity contribution < 1.29 is 42.9 Å². The van der Waals surface area contributed by atoms with Gasteiger partial charge in [-0.3, -0.25) is 14.4 Å². The van der Waals surface area contributed by atoms with Gasteiger partial charge in [0.1, 0.15) is 11.5 Å². The second kappa shape index (κ2) is 59.8. The summed E-state index contributed by atoms with van der Waals surface area (Å²) in [4.78, 5) is 77.1. The highest BCUT2D eigenvalue weighted by molar-refractivity contribution is 6.00. The Morgan fingerprint density at radius 2 is 0.500 bits per heavy atom. The zero-order chi connectivity index (χ0) is 105. The largest absolute Gasteiger partial charge is 0.492 e. The molecule has 0 saturated heterocycles. The fourth-order valence-corrected chi connectivity index (χ4v) is 17.9. The van der Waals surface area contributed by atoms with Crippen molar-refractivity contribution in [2.45, 2.75) is 261 Å². The van der Waals surface area contributed by atoms with Crippen LogP contribution in [0.4, 0.5) is 0 Å². The monoisotopic (exact) mass is 1960 g/mol. The third kappa shape index (κ3) is 35.6. The molecule has 14 nitrogen and oxygen atoms in total. The maximum absolute atomic E-state index is 13.3. The van der Waals surface area contributed by atoms with Gasteiger partial charge in [0.05, 0.1) is 92.7 Å². The first-order valence-corrected chi connectivity index (χ1v) is 52.4. The number of Topliss-reactive ketones (excluding diaryl/α,β-unsaturated/α-hetero) is 3. The molecule has 0 heterocycles. The number of ether oxygens (including phenoxy) is 4. The number of hydrogen-bond donors (Lipinski definition) is 0. The maximum Gasteiger partial charge on any atom is 0.337 e. The number of fused-ring (bicyclic) bond motifs is 10. The van der Waals surface area contributed by atoms with Gasteiger partial charge in [0.2, 0.25) is 0 Å². The van der Waals surface area contributed by atoms with Gasteiger partial charge in [-0.25, -0.2) is 24.1 Å². The molecule has 0 unspecified atom stereocenters. The lowest BCUT2D eigenvalue weighted by atomic mass is 9.94. The number of carbonyl (C=O) groups is 5. The van der Waals surface area contributed by atoms with Gasteiger partial charge in [0.15, 0.2) is 34.4 Å². The number of unbranched alkanes of at least 4 members (excludes halogenated alkanes) is 30. The van der Waals surface area contributed by atoms with Crippen molar-refractivity contribution >= 4 is 87.9 Å². The van der Waals surface area contributed by atoms with Crippen molar-refractivity contribution in [2.75, 3.05) is 27.4 Å². The van der Waals surface area contributed by atoms with E-state index in [-0.39, 0.29) is 51.2 Å². The average Bonchev–Trinajstić information content (AvgIpc) is 0.962. The topological polar surface area (TPSA) is 183 Å². The molecule has 0 amide bonds. The van der Waals surface area contributed by atoms with E-state index in [1.165, 1.54) is 189 Å². The molecule has 14 heteroatoms. The van der Waals surface area contributed by atoms with Crippen LogP contribution in [0.5, 0.6) is 11.5 Å². The Morgan fingerprint density at radius 1 is 0.270 bits per heavy atom. The fourth-order valence-electron chi connectivity index (χ4n) is 17.9. The molecule has 10 aromatic carbocycles. The Hall–Kier alpha value is -16.3. The van der Waals surface area contributed by atoms with Gasteiger partial charge in [-0.2, -0.15) is 10.5 Å². The van der Waals surface area contributed by atoms with Crippen LogP contribution in [0.3, 0.4) is 0 Å². The van der Waals surface area contributed by atoms with Crippen molar-refractivity contribution in [2.24, 2.45) is 0 Å². The minimum atomic E-state index is -0.547. The van der Waals surface area contributed by atoms with Crippen molar-refractivity contribution in [3.63, 3.8) is 0 Å². The first kappa shape index (κ1) is 112. The maximum atomic E-state index is 13.3. The number of rotatable bonds is 41. The van der Waals surface area contributed by atoms with E-state index in [4.69, 9.17) is 32.1 Å². The van der Waals surface area contributed by atoms with Gasteiger partial charge >= 0.3 is 11.9 Å². The number of benzene rings is 10. The standard InChI is InChI=1S/C134H133N5O9/c1-14-16-18-20-22-24-26-28-30-32-34-36-38-40-42-44-66-147-131-91-118(100(8)142)63-59-114(131)55-50-105-75-110-85-125(80-105)128(137-9)88-108-73-102(49-54-115-60-65-120(134(144)146-13)92-132(115)148-67-45-43-41-39-37-35-33-31-29-27-25-23-21-19-17-15-2)77-122(82-108)126(93-135)86-106-71-101(46-51-113-58-64-119(70-97(113)5)133(143)145-12)76-121(81-106)127(94-136)87-107-72-103(47-52-111-56-61-116(98(6)140)68-95(111)3)78-123(83-107)129(138-10)89-109-74-104(79-124(84-109)130(90-110)139-11)48-53-112-57-62-117(99(7)141)69-96(112)4/h56-65,68-92H,14-45,66-67H2,1-8,12-13H3/b126-86+,127-87?,128-88-,129-89-,130-90-. The van der Waals surface area contributed by atoms with E-state index in [1.54, 1.807) is 188 Å². The summed E-state index contributed by atoms with van der Waals surface area (Å²) < 4.78 is 23.4. The number of nitriles is 2. The highest BCUT2D eigenvalue weighted by Crippen LogP contribution is 2.36. The number of esters is 2. The fraction of sp³-hybridized carbons (Fsp3) is 0.328. The lowest BCUT2D eigenvalue weighted by Crippen LogP contribution is -2.04. The summed E-state index contributed by atoms with van der Waals surface area (Å²) in [6.07, 6.45) is 47.7. The summed E-state index contributed by atoms with van der Waals surface area (Å²) in [5.41, 5.74) is 14.5. The van der Waals surface area contributed by atoms with Crippen LogP contribution in [0, 0.1) is 122 Å². The van der Waals surface area contributed by atoms with E-state index in [0.29, 0.717) is 164 Å². The minimum absolute atomic E-state index is 0.0970. The number of aryl methyl sites for hydroxylation is 3. The number of ketones is 3. The molecule has 748 valence electrons. The van der Waals surface area contributed by atoms with E-state index >= 15 is 0 Å². The Labute approximate surface area is 878 Å². The predicted octanol–water partition coefficient (Wildman–Crippen LogP) is 32.8. The van der Waals surface area contributed by atoms with E-state index in [2.05, 4.69) is 99.7 Å². The first-order valence-electron chi connectivity index (χ1n) is 52.4. The molecule has 11 rings (SSSR count). The lowest BCUT2D eigenvalue weighted by Gasteiger charge is -2.10. The molecule has 0 saturated carbocycles. The third-order valence-corrected chi connectivity index (χ3v) is 26.3. The molecule has 0 atom stereocenters. The van der Waals surface area contributed by atoms with E-state index in [0.717, 1.165) is 62.5 Å². The molecule has 0 fully saturated rings. The zero-order valence-corrected chi connectivity index (χ0v) is 87.7. The van der Waals surface area contributed by atoms with E-state index in [9.17, 15) is 41.1 Å². The van der Waals surface area contributed by atoms with Gasteiger partial charge in [0, 0.05) is 61.2 Å². The van der Waals surface area contributed by atoms with Crippen LogP contribution in [-0.4, -0.2) is 56.7 Å². The van der Waals surface area contributed by atoms with Crippen LogP contribution in [-0.2, 0) is 9.47 Å². The van der Waals surface area contributed by atoms with Crippen molar-refractivity contribution in [3.8, 4) is 82.8 Å². The number of methoxy groups -OCH3 is 2. The predicted molar refractivity (Wildman–Crippen MR) is 602 cm³/mol. The van der Waals surface area contributed by atoms with Crippen LogP contribution in [0.1, 0.15) is 420 Å². The Bertz CT molecular complexity index is 7270. The normalized spacial score (nSPS) is 12.7. The van der Waals surface area contributed by atoms with Crippen LogP contribution < -0.4 is 9.47 Å². The summed E-state index contributed by atoms with van der Waals surface area (Å²) in [7, 11) is 2.64. The molecular formula is C134H133N5O9. The highest BCUT2D eigenvalue weighted by atomic mass is 16.5. The third-order valence-electron chi connectivity index (χ3n) is 26.3. The Balaban J connectivity index is 1.09. The SMILES string of the molecule is [C-]#[N+]/C1=C\c2cc(C#Cc3ccc(C(C)=O)cc3C)cc(c2)/C([N+]#[C-])=C/c2cc(C#Cc3ccc(C(C)=O)cc3OCCCCCCCCCCCCCCCCCC)cc(c2)/C([N+]#[C-])=C/c2cc(C#Cc3ccc(C(=O)OC)cc3OCCCCCCCCCCCCCCCCCC)cc(c2)/C(C#N)=C/c2cc(C#Cc3ccc(C(=O)OC)cc3C)cc(c2)C(C#N)=Cc2cc(C#Cc3ccc(C(C)=O)cc3C)cc1c2. The molecule has 1 aliphatic rings. The second-order valence-corrected chi connectivity index (χ2v) is 38.2. The van der Waals surface area contributed by atoms with Crippen LogP contribution >= 0.6 is 0 Å². The molecule has 0 aromatic heterocycles. The van der Waals surface area contributed by atoms with Crippen LogP contribution in [0.25, 0.3) is 73.2 Å². The number of nitrogens with zero attached hydrogens (tertiary/aromatic N) is 5. The number of carbonyl (C=O) groups excluding carboxylic acids is 5. The molecule has 148 heavy (non-hydrogen) atoms. The number of allylic oxidation sites excluding steroid dienone is 2. The Morgan fingerprint density at radius 3 is 0.770 bits per heavy atom. The second-order valence-electron chi connectivity index (χ2n) is 38.2. The summed E-state index contributed by atoms with van der Waals surface area (Å²) in [6, 6.07) is 57.9. The number of hydrogen-bond acceptors (Lipinski definition) is 11. The quantitative estimate of drug-likeness (QED) is 0.0117. The molecular weight excluding hydrogens is 1820 g/mol. The lowest BCUT2D eigenvalue weighted by molar-refractivity contribution is 0.0591. The molecule has 0 radical (unpaired) electrons. The van der Waals surface area contributed by atoms with Gasteiger partial charge < -0.3 is 18.9 Å². The van der Waals surface area contributed by atoms with Gasteiger partial charge in [-0.05, 0) is 309 Å². The first-order chi connectivity index (χ1) is 72.0. The molecule has 1 aliphatic carbocycles. The van der Waals surface area contributed by atoms with Crippen molar-refractivity contribution in [1.82, 2.24) is 0 Å². The van der Waals surface area contributed by atoms with Crippen LogP contribution in [0.2, 0.25) is 0 Å². The highest BCUT2D eigenvalue weighted by Gasteiger charge is 2.20. The molecule has 10 aromatic rings. The van der Waals surface area contributed by atoms with E-state index in [1.807, 2.05) is 45.0 Å². The van der Waals surface area contributed by atoms with Gasteiger partial charge in [-0.15, -0.1) is 0 Å². The van der Waals surface area contributed by atoms with Crippen molar-refractivity contribution in [3.05, 3.63) is 372 Å². The summed E-state index contributed by atoms with van der Waals surface area (Å²) in [5, 5.41) is 23.5. The summed E-state index contributed by atoms with van der Waals surface area (Å²) in [5.74, 6) is 33.0. The van der Waals surface area contributed by atoms with E-state index < -0.39 is 11.9 Å². The molecule has 0 spiro atoms. The Kier molecular flexibility index (Phi) is 45.3. The average molecular weight is 1960 g/mol. The molecule has 0 aliphatic heterocycles.